The Morgan fingerprint density at radius 1 is 1.04 bits per heavy atom. The average molecular weight is 363 g/mol. The standard InChI is InChI=1S/C19H19F2NO4/c1-11-5-14(6-12(2)18(11)26-10-17(23)24)19(25)22-4-3-13-7-15(20)9-16(21)8-13/h5-9H,3-4,10H2,1-2H3,(H,22,25)(H,23,24). The van der Waals surface area contributed by atoms with Crippen LogP contribution in [0, 0.1) is 25.5 Å². The van der Waals surface area contributed by atoms with Crippen LogP contribution < -0.4 is 10.1 Å². The van der Waals surface area contributed by atoms with Crippen molar-refractivity contribution in [3.05, 3.63) is 64.2 Å². The number of aliphatic carboxylic acids is 1. The third-order valence-corrected chi connectivity index (χ3v) is 3.68. The Hall–Kier alpha value is -2.96. The van der Waals surface area contributed by atoms with E-state index in [0.717, 1.165) is 6.07 Å². The molecule has 5 nitrogen and oxygen atoms in total. The van der Waals surface area contributed by atoms with Crippen LogP contribution in [0.3, 0.4) is 0 Å². The summed E-state index contributed by atoms with van der Waals surface area (Å²) in [6, 6.07) is 6.43. The number of nitrogens with one attached hydrogen (secondary N) is 1. The molecular formula is C19H19F2NO4. The van der Waals surface area contributed by atoms with Gasteiger partial charge in [-0.15, -0.1) is 0 Å². The summed E-state index contributed by atoms with van der Waals surface area (Å²) in [5.41, 5.74) is 2.13. The molecule has 2 N–H and O–H groups in total. The Bertz CT molecular complexity index is 793. The number of carboxylic acid groups (broad SMARTS) is 1. The molecule has 0 fully saturated rings. The van der Waals surface area contributed by atoms with Crippen molar-refractivity contribution in [3.63, 3.8) is 0 Å². The number of hydrogen-bond donors (Lipinski definition) is 2. The third kappa shape index (κ3) is 5.27. The summed E-state index contributed by atoms with van der Waals surface area (Å²) >= 11 is 0. The predicted octanol–water partition coefficient (Wildman–Crippen LogP) is 3.02. The molecule has 7 heteroatoms. The van der Waals surface area contributed by atoms with Crippen molar-refractivity contribution < 1.29 is 28.2 Å². The van der Waals surface area contributed by atoms with Crippen LogP contribution in [0.5, 0.6) is 5.75 Å². The minimum Gasteiger partial charge on any atom is -0.481 e. The van der Waals surface area contributed by atoms with Gasteiger partial charge in [-0.25, -0.2) is 13.6 Å². The van der Waals surface area contributed by atoms with Crippen LogP contribution in [-0.2, 0) is 11.2 Å². The summed E-state index contributed by atoms with van der Waals surface area (Å²) in [6.07, 6.45) is 0.290. The molecule has 2 rings (SSSR count). The number of benzene rings is 2. The lowest BCUT2D eigenvalue weighted by Crippen LogP contribution is -2.26. The van der Waals surface area contributed by atoms with Gasteiger partial charge in [-0.1, -0.05) is 0 Å². The maximum atomic E-state index is 13.1. The first-order valence-electron chi connectivity index (χ1n) is 7.95. The number of ether oxygens (including phenoxy) is 1. The Labute approximate surface area is 149 Å². The van der Waals surface area contributed by atoms with E-state index in [1.165, 1.54) is 12.1 Å². The van der Waals surface area contributed by atoms with E-state index in [9.17, 15) is 18.4 Å². The van der Waals surface area contributed by atoms with E-state index in [2.05, 4.69) is 5.32 Å². The molecule has 0 aliphatic heterocycles. The SMILES string of the molecule is Cc1cc(C(=O)NCCc2cc(F)cc(F)c2)cc(C)c1OCC(=O)O. The number of halogens is 2. The molecular weight excluding hydrogens is 344 g/mol. The molecule has 1 amide bonds. The molecule has 0 aromatic heterocycles. The maximum Gasteiger partial charge on any atom is 0.341 e. The Morgan fingerprint density at radius 3 is 2.15 bits per heavy atom. The van der Waals surface area contributed by atoms with Crippen LogP contribution in [0.1, 0.15) is 27.0 Å². The number of amides is 1. The summed E-state index contributed by atoms with van der Waals surface area (Å²) in [5, 5.41) is 11.4. The molecule has 138 valence electrons. The molecule has 0 bridgehead atoms. The molecule has 26 heavy (non-hydrogen) atoms. The Balaban J connectivity index is 1.99. The lowest BCUT2D eigenvalue weighted by molar-refractivity contribution is -0.139. The smallest absolute Gasteiger partial charge is 0.341 e. The highest BCUT2D eigenvalue weighted by atomic mass is 19.1. The molecule has 0 heterocycles. The number of hydrogen-bond acceptors (Lipinski definition) is 3. The summed E-state index contributed by atoms with van der Waals surface area (Å²) in [5.74, 6) is -2.31. The van der Waals surface area contributed by atoms with Crippen LogP contribution >= 0.6 is 0 Å². The molecule has 0 spiro atoms. The van der Waals surface area contributed by atoms with Crippen LogP contribution in [0.2, 0.25) is 0 Å². The van der Waals surface area contributed by atoms with Gasteiger partial charge in [0.1, 0.15) is 17.4 Å². The topological polar surface area (TPSA) is 75.6 Å². The molecule has 0 atom stereocenters. The van der Waals surface area contributed by atoms with Crippen LogP contribution in [0.4, 0.5) is 8.78 Å². The van der Waals surface area contributed by atoms with Gasteiger partial charge < -0.3 is 15.2 Å². The second-order valence-corrected chi connectivity index (χ2v) is 5.91. The highest BCUT2D eigenvalue weighted by Gasteiger charge is 2.13. The zero-order chi connectivity index (χ0) is 19.3. The highest BCUT2D eigenvalue weighted by molar-refractivity contribution is 5.94. The Kier molecular flexibility index (Phi) is 6.27. The van der Waals surface area contributed by atoms with Gasteiger partial charge >= 0.3 is 5.97 Å². The van der Waals surface area contributed by atoms with Crippen molar-refractivity contribution in [2.24, 2.45) is 0 Å². The zero-order valence-electron chi connectivity index (χ0n) is 14.4. The van der Waals surface area contributed by atoms with Gasteiger partial charge in [0.05, 0.1) is 0 Å². The maximum absolute atomic E-state index is 13.1. The Morgan fingerprint density at radius 2 is 1.62 bits per heavy atom. The normalized spacial score (nSPS) is 10.5. The molecule has 2 aromatic carbocycles. The van der Waals surface area contributed by atoms with Crippen LogP contribution in [0.15, 0.2) is 30.3 Å². The molecule has 0 saturated heterocycles. The number of rotatable bonds is 7. The predicted molar refractivity (Wildman–Crippen MR) is 91.4 cm³/mol. The van der Waals surface area contributed by atoms with E-state index in [4.69, 9.17) is 9.84 Å². The van der Waals surface area contributed by atoms with Gasteiger partial charge in [0.25, 0.3) is 5.91 Å². The first-order chi connectivity index (χ1) is 12.3. The number of carbonyl (C=O) groups excluding carboxylic acids is 1. The monoisotopic (exact) mass is 363 g/mol. The van der Waals surface area contributed by atoms with Gasteiger partial charge in [-0.3, -0.25) is 4.79 Å². The molecule has 0 unspecified atom stereocenters. The van der Waals surface area contributed by atoms with Crippen LogP contribution in [-0.4, -0.2) is 30.1 Å². The van der Waals surface area contributed by atoms with E-state index in [1.807, 2.05) is 0 Å². The van der Waals surface area contributed by atoms with Crippen molar-refractivity contribution in [1.82, 2.24) is 5.32 Å². The minimum absolute atomic E-state index is 0.219. The van der Waals surface area contributed by atoms with E-state index >= 15 is 0 Å². The van der Waals surface area contributed by atoms with Crippen molar-refractivity contribution in [2.75, 3.05) is 13.2 Å². The lowest BCUT2D eigenvalue weighted by atomic mass is 10.0. The average Bonchev–Trinajstić information content (AvgIpc) is 2.52. The lowest BCUT2D eigenvalue weighted by Gasteiger charge is -2.13. The second-order valence-electron chi connectivity index (χ2n) is 5.91. The van der Waals surface area contributed by atoms with E-state index in [0.29, 0.717) is 28.0 Å². The quantitative estimate of drug-likeness (QED) is 0.793. The fourth-order valence-electron chi connectivity index (χ4n) is 2.62. The second kappa shape index (κ2) is 8.42. The van der Waals surface area contributed by atoms with E-state index < -0.39 is 24.2 Å². The molecule has 0 aliphatic carbocycles. The minimum atomic E-state index is -1.08. The van der Waals surface area contributed by atoms with Crippen molar-refractivity contribution in [3.8, 4) is 5.75 Å². The summed E-state index contributed by atoms with van der Waals surface area (Å²) in [4.78, 5) is 22.9. The molecule has 0 radical (unpaired) electrons. The highest BCUT2D eigenvalue weighted by Crippen LogP contribution is 2.24. The molecule has 2 aromatic rings. The van der Waals surface area contributed by atoms with E-state index in [-0.39, 0.29) is 18.9 Å². The van der Waals surface area contributed by atoms with Crippen LogP contribution in [0.25, 0.3) is 0 Å². The van der Waals surface area contributed by atoms with Gasteiger partial charge in [0.2, 0.25) is 0 Å². The molecule has 0 saturated carbocycles. The van der Waals surface area contributed by atoms with Gasteiger partial charge in [-0.05, 0) is 61.2 Å². The largest absolute Gasteiger partial charge is 0.481 e. The van der Waals surface area contributed by atoms with Gasteiger partial charge in [-0.2, -0.15) is 0 Å². The summed E-state index contributed by atoms with van der Waals surface area (Å²) in [6.45, 7) is 3.20. The van der Waals surface area contributed by atoms with Crippen molar-refractivity contribution in [1.29, 1.82) is 0 Å². The number of carbonyl (C=O) groups is 2. The zero-order valence-corrected chi connectivity index (χ0v) is 14.4. The first kappa shape index (κ1) is 19.4. The van der Waals surface area contributed by atoms with Gasteiger partial charge in [0, 0.05) is 18.2 Å². The van der Waals surface area contributed by atoms with Crippen molar-refractivity contribution in [2.45, 2.75) is 20.3 Å². The van der Waals surface area contributed by atoms with Crippen molar-refractivity contribution >= 4 is 11.9 Å². The van der Waals surface area contributed by atoms with E-state index in [1.54, 1.807) is 26.0 Å². The third-order valence-electron chi connectivity index (χ3n) is 3.68. The fourth-order valence-corrected chi connectivity index (χ4v) is 2.62. The first-order valence-corrected chi connectivity index (χ1v) is 7.95. The fraction of sp³-hybridized carbons (Fsp3) is 0.263. The number of aryl methyl sites for hydroxylation is 2. The number of carboxylic acids is 1. The molecule has 0 aliphatic rings. The summed E-state index contributed by atoms with van der Waals surface area (Å²) < 4.78 is 31.5. The summed E-state index contributed by atoms with van der Waals surface area (Å²) in [7, 11) is 0. The van der Waals surface area contributed by atoms with Gasteiger partial charge in [0.15, 0.2) is 6.61 Å².